The van der Waals surface area contributed by atoms with Gasteiger partial charge in [0.05, 0.1) is 5.56 Å². The van der Waals surface area contributed by atoms with Gasteiger partial charge in [-0.1, -0.05) is 18.2 Å². The molecule has 1 aromatic carbocycles. The van der Waals surface area contributed by atoms with Crippen LogP contribution < -0.4 is 0 Å². The summed E-state index contributed by atoms with van der Waals surface area (Å²) in [5, 5.41) is 0. The fraction of sp³-hybridized carbons (Fsp3) is 0.300. The Morgan fingerprint density at radius 1 is 1.25 bits per heavy atom. The van der Waals surface area contributed by atoms with E-state index in [-0.39, 0.29) is 5.56 Å². The van der Waals surface area contributed by atoms with Gasteiger partial charge in [0.25, 0.3) is 0 Å². The third kappa shape index (κ3) is 2.80. The van der Waals surface area contributed by atoms with E-state index in [1.54, 1.807) is 25.1 Å². The van der Waals surface area contributed by atoms with Gasteiger partial charge >= 0.3 is 16.3 Å². The molecule has 0 aliphatic heterocycles. The summed E-state index contributed by atoms with van der Waals surface area (Å²) in [4.78, 5) is 11.6. The maximum Gasteiger partial charge on any atom is 0.387 e. The standard InChI is InChI=1S/C10H13NO4S/c1-8-6-4-5-7-9(8)10(12)15-16(13,14)11(2)3/h4-7H,1-3H3. The minimum Gasteiger partial charge on any atom is -0.329 e. The maximum absolute atomic E-state index is 11.6. The quantitative estimate of drug-likeness (QED) is 0.793. The first-order valence-electron chi connectivity index (χ1n) is 4.56. The summed E-state index contributed by atoms with van der Waals surface area (Å²) in [7, 11) is -1.39. The molecule has 1 aromatic rings. The molecule has 6 heteroatoms. The predicted molar refractivity (Wildman–Crippen MR) is 59.2 cm³/mol. The number of carbonyl (C=O) groups is 1. The monoisotopic (exact) mass is 243 g/mol. The molecule has 0 saturated carbocycles. The molecule has 0 aliphatic carbocycles. The molecule has 0 atom stereocenters. The van der Waals surface area contributed by atoms with E-state index in [4.69, 9.17) is 0 Å². The van der Waals surface area contributed by atoms with Crippen molar-refractivity contribution in [1.82, 2.24) is 4.31 Å². The van der Waals surface area contributed by atoms with Crippen LogP contribution in [0.15, 0.2) is 24.3 Å². The van der Waals surface area contributed by atoms with Gasteiger partial charge in [-0.25, -0.2) is 4.79 Å². The summed E-state index contributed by atoms with van der Waals surface area (Å²) in [6.07, 6.45) is 0. The van der Waals surface area contributed by atoms with E-state index in [0.29, 0.717) is 5.56 Å². The largest absolute Gasteiger partial charge is 0.387 e. The van der Waals surface area contributed by atoms with Crippen molar-refractivity contribution in [2.24, 2.45) is 0 Å². The Hall–Kier alpha value is -1.40. The van der Waals surface area contributed by atoms with Crippen molar-refractivity contribution in [3.8, 4) is 0 Å². The lowest BCUT2D eigenvalue weighted by molar-refractivity contribution is 0.0735. The first-order chi connectivity index (χ1) is 7.34. The highest BCUT2D eigenvalue weighted by Crippen LogP contribution is 2.11. The molecule has 0 bridgehead atoms. The molecule has 0 N–H and O–H groups in total. The van der Waals surface area contributed by atoms with Crippen LogP contribution in [-0.2, 0) is 14.5 Å². The lowest BCUT2D eigenvalue weighted by atomic mass is 10.1. The molecule has 1 rings (SSSR count). The van der Waals surface area contributed by atoms with Crippen molar-refractivity contribution in [2.75, 3.05) is 14.1 Å². The summed E-state index contributed by atoms with van der Waals surface area (Å²) in [6.45, 7) is 1.71. The van der Waals surface area contributed by atoms with Crippen LogP contribution in [0.25, 0.3) is 0 Å². The first-order valence-corrected chi connectivity index (χ1v) is 5.93. The fourth-order valence-corrected chi connectivity index (χ4v) is 1.45. The van der Waals surface area contributed by atoms with Crippen molar-refractivity contribution in [1.29, 1.82) is 0 Å². The van der Waals surface area contributed by atoms with Crippen LogP contribution in [0, 0.1) is 6.92 Å². The Kier molecular flexibility index (Phi) is 3.66. The summed E-state index contributed by atoms with van der Waals surface area (Å²) >= 11 is 0. The third-order valence-corrected chi connectivity index (χ3v) is 3.25. The normalized spacial score (nSPS) is 11.5. The lowest BCUT2D eigenvalue weighted by Crippen LogP contribution is -2.27. The summed E-state index contributed by atoms with van der Waals surface area (Å²) in [6, 6.07) is 6.63. The minimum absolute atomic E-state index is 0.243. The molecular weight excluding hydrogens is 230 g/mol. The molecular formula is C10H13NO4S. The van der Waals surface area contributed by atoms with E-state index in [1.807, 2.05) is 0 Å². The van der Waals surface area contributed by atoms with Crippen LogP contribution >= 0.6 is 0 Å². The van der Waals surface area contributed by atoms with Crippen molar-refractivity contribution in [3.63, 3.8) is 0 Å². The number of hydrogen-bond acceptors (Lipinski definition) is 4. The molecule has 16 heavy (non-hydrogen) atoms. The highest BCUT2D eigenvalue weighted by atomic mass is 32.2. The number of carbonyl (C=O) groups excluding carboxylic acids is 1. The zero-order valence-corrected chi connectivity index (χ0v) is 10.1. The van der Waals surface area contributed by atoms with Crippen LogP contribution in [0.5, 0.6) is 0 Å². The van der Waals surface area contributed by atoms with Gasteiger partial charge in [-0.2, -0.15) is 12.7 Å². The van der Waals surface area contributed by atoms with Gasteiger partial charge < -0.3 is 4.18 Å². The van der Waals surface area contributed by atoms with E-state index in [1.165, 1.54) is 20.2 Å². The lowest BCUT2D eigenvalue weighted by Gasteiger charge is -2.11. The molecule has 0 aliphatic rings. The first kappa shape index (κ1) is 12.7. The van der Waals surface area contributed by atoms with Gasteiger partial charge in [0.2, 0.25) is 0 Å². The Bertz CT molecular complexity index is 493. The van der Waals surface area contributed by atoms with Crippen molar-refractivity contribution >= 4 is 16.3 Å². The Balaban J connectivity index is 2.94. The van der Waals surface area contributed by atoms with Gasteiger partial charge in [0, 0.05) is 14.1 Å². The van der Waals surface area contributed by atoms with Crippen LogP contribution in [0.4, 0.5) is 0 Å². The number of hydrogen-bond donors (Lipinski definition) is 0. The average molecular weight is 243 g/mol. The second-order valence-corrected chi connectivity index (χ2v) is 5.18. The van der Waals surface area contributed by atoms with Gasteiger partial charge in [-0.15, -0.1) is 0 Å². The average Bonchev–Trinajstić information content (AvgIpc) is 2.17. The van der Waals surface area contributed by atoms with E-state index in [0.717, 1.165) is 4.31 Å². The molecule has 0 saturated heterocycles. The molecule has 0 amide bonds. The highest BCUT2D eigenvalue weighted by Gasteiger charge is 2.21. The van der Waals surface area contributed by atoms with E-state index in [9.17, 15) is 13.2 Å². The number of benzene rings is 1. The Labute approximate surface area is 94.9 Å². The van der Waals surface area contributed by atoms with Crippen LogP contribution in [0.1, 0.15) is 15.9 Å². The van der Waals surface area contributed by atoms with Gasteiger partial charge in [-0.05, 0) is 18.6 Å². The summed E-state index contributed by atoms with van der Waals surface area (Å²) in [5.74, 6) is -0.869. The molecule has 0 heterocycles. The van der Waals surface area contributed by atoms with Gasteiger partial charge in [0.1, 0.15) is 0 Å². The molecule has 5 nitrogen and oxygen atoms in total. The number of nitrogens with zero attached hydrogens (tertiary/aromatic N) is 1. The fourth-order valence-electron chi connectivity index (χ4n) is 1.02. The number of aryl methyl sites for hydroxylation is 1. The minimum atomic E-state index is -3.98. The summed E-state index contributed by atoms with van der Waals surface area (Å²) in [5.41, 5.74) is 0.911. The Morgan fingerprint density at radius 2 is 1.81 bits per heavy atom. The second kappa shape index (κ2) is 4.63. The van der Waals surface area contributed by atoms with E-state index < -0.39 is 16.3 Å². The molecule has 0 unspecified atom stereocenters. The highest BCUT2D eigenvalue weighted by molar-refractivity contribution is 7.84. The molecule has 88 valence electrons. The number of rotatable bonds is 3. The van der Waals surface area contributed by atoms with Crippen LogP contribution in [0.2, 0.25) is 0 Å². The zero-order chi connectivity index (χ0) is 12.3. The zero-order valence-electron chi connectivity index (χ0n) is 9.30. The summed E-state index contributed by atoms with van der Waals surface area (Å²) < 4.78 is 27.9. The SMILES string of the molecule is Cc1ccccc1C(=O)OS(=O)(=O)N(C)C. The van der Waals surface area contributed by atoms with Crippen molar-refractivity contribution in [3.05, 3.63) is 35.4 Å². The molecule has 0 fully saturated rings. The van der Waals surface area contributed by atoms with Crippen molar-refractivity contribution < 1.29 is 17.4 Å². The predicted octanol–water partition coefficient (Wildman–Crippen LogP) is 0.958. The topological polar surface area (TPSA) is 63.7 Å². The third-order valence-electron chi connectivity index (χ3n) is 1.99. The smallest absolute Gasteiger partial charge is 0.329 e. The van der Waals surface area contributed by atoms with Gasteiger partial charge in [-0.3, -0.25) is 0 Å². The van der Waals surface area contributed by atoms with Gasteiger partial charge in [0.15, 0.2) is 0 Å². The van der Waals surface area contributed by atoms with Crippen LogP contribution in [0.3, 0.4) is 0 Å². The van der Waals surface area contributed by atoms with E-state index >= 15 is 0 Å². The van der Waals surface area contributed by atoms with E-state index in [2.05, 4.69) is 4.18 Å². The van der Waals surface area contributed by atoms with Crippen LogP contribution in [-0.4, -0.2) is 32.8 Å². The molecule has 0 aromatic heterocycles. The molecule has 0 radical (unpaired) electrons. The Morgan fingerprint density at radius 3 is 2.31 bits per heavy atom. The maximum atomic E-state index is 11.6. The molecule has 0 spiro atoms. The second-order valence-electron chi connectivity index (χ2n) is 3.43. The van der Waals surface area contributed by atoms with Crippen molar-refractivity contribution in [2.45, 2.75) is 6.92 Å².